The topological polar surface area (TPSA) is 68.3 Å². The second-order valence-corrected chi connectivity index (χ2v) is 4.50. The third-order valence-electron chi connectivity index (χ3n) is 2.45. The number of amides is 1. The molecule has 5 nitrogen and oxygen atoms in total. The van der Waals surface area contributed by atoms with Crippen LogP contribution in [0.2, 0.25) is 0 Å². The van der Waals surface area contributed by atoms with E-state index in [0.29, 0.717) is 11.4 Å². The quantitative estimate of drug-likeness (QED) is 0.868. The molecule has 1 N–H and O–H groups in total. The molecule has 0 saturated heterocycles. The summed E-state index contributed by atoms with van der Waals surface area (Å²) in [5.41, 5.74) is 3.49. The number of carbonyl (C=O) groups is 2. The molecule has 0 bridgehead atoms. The number of hydrogen-bond donors (Lipinski definition) is 1. The third-order valence-corrected chi connectivity index (χ3v) is 3.04. The highest BCUT2D eigenvalue weighted by molar-refractivity contribution is 7.07. The molecule has 0 aliphatic carbocycles. The van der Waals surface area contributed by atoms with Crippen LogP contribution in [0, 0.1) is 0 Å². The summed E-state index contributed by atoms with van der Waals surface area (Å²) in [6.45, 7) is 0. The number of aromatic nitrogens is 1. The molecule has 0 atom stereocenters. The largest absolute Gasteiger partial charge is 0.469 e. The standard InChI is InChI=1S/C13H12N2O3S/c1-18-12(16)6-9-2-4-10(5-3-9)15-13(17)11-7-19-8-14-11/h2-5,7-8H,6H2,1H3,(H,15,17). The molecule has 0 unspecified atom stereocenters. The van der Waals surface area contributed by atoms with Crippen LogP contribution in [0.5, 0.6) is 0 Å². The van der Waals surface area contributed by atoms with Crippen LogP contribution >= 0.6 is 11.3 Å². The molecule has 0 radical (unpaired) electrons. The number of carbonyl (C=O) groups excluding carboxylic acids is 2. The van der Waals surface area contributed by atoms with Crippen molar-refractivity contribution in [3.8, 4) is 0 Å². The van der Waals surface area contributed by atoms with E-state index in [4.69, 9.17) is 0 Å². The molecule has 0 fully saturated rings. The first-order valence-electron chi connectivity index (χ1n) is 5.54. The summed E-state index contributed by atoms with van der Waals surface area (Å²) in [4.78, 5) is 26.8. The number of methoxy groups -OCH3 is 1. The van der Waals surface area contributed by atoms with Crippen LogP contribution in [0.1, 0.15) is 16.1 Å². The Kier molecular flexibility index (Phi) is 4.25. The molecule has 1 amide bonds. The zero-order chi connectivity index (χ0) is 13.7. The smallest absolute Gasteiger partial charge is 0.309 e. The van der Waals surface area contributed by atoms with Crippen molar-refractivity contribution in [2.45, 2.75) is 6.42 Å². The number of nitrogens with zero attached hydrogens (tertiary/aromatic N) is 1. The summed E-state index contributed by atoms with van der Waals surface area (Å²) in [6.07, 6.45) is 0.219. The number of hydrogen-bond acceptors (Lipinski definition) is 5. The van der Waals surface area contributed by atoms with E-state index < -0.39 is 0 Å². The lowest BCUT2D eigenvalue weighted by atomic mass is 10.1. The molecule has 1 aromatic heterocycles. The molecule has 98 valence electrons. The maximum absolute atomic E-state index is 11.7. The van der Waals surface area contributed by atoms with Crippen LogP contribution in [-0.4, -0.2) is 24.0 Å². The van der Waals surface area contributed by atoms with Gasteiger partial charge in [-0.05, 0) is 17.7 Å². The zero-order valence-electron chi connectivity index (χ0n) is 10.3. The molecule has 1 heterocycles. The lowest BCUT2D eigenvalue weighted by molar-refractivity contribution is -0.139. The summed E-state index contributed by atoms with van der Waals surface area (Å²) < 4.78 is 4.58. The van der Waals surface area contributed by atoms with Crippen molar-refractivity contribution in [2.24, 2.45) is 0 Å². The maximum Gasteiger partial charge on any atom is 0.309 e. The fourth-order valence-electron chi connectivity index (χ4n) is 1.46. The molecular formula is C13H12N2O3S. The van der Waals surface area contributed by atoms with E-state index in [-0.39, 0.29) is 18.3 Å². The van der Waals surface area contributed by atoms with Crippen molar-refractivity contribution in [3.63, 3.8) is 0 Å². The molecule has 0 saturated carbocycles. The molecule has 6 heteroatoms. The molecule has 0 spiro atoms. The highest BCUT2D eigenvalue weighted by Crippen LogP contribution is 2.12. The summed E-state index contributed by atoms with van der Waals surface area (Å²) >= 11 is 1.37. The van der Waals surface area contributed by atoms with Crippen molar-refractivity contribution in [1.29, 1.82) is 0 Å². The number of anilines is 1. The summed E-state index contributed by atoms with van der Waals surface area (Å²) in [5, 5.41) is 4.41. The number of rotatable bonds is 4. The van der Waals surface area contributed by atoms with Gasteiger partial charge < -0.3 is 10.1 Å². The van der Waals surface area contributed by atoms with E-state index in [2.05, 4.69) is 15.0 Å². The van der Waals surface area contributed by atoms with Gasteiger partial charge in [0.05, 0.1) is 19.0 Å². The number of esters is 1. The highest BCUT2D eigenvalue weighted by atomic mass is 32.1. The maximum atomic E-state index is 11.7. The minimum Gasteiger partial charge on any atom is -0.469 e. The summed E-state index contributed by atoms with van der Waals surface area (Å²) in [5.74, 6) is -0.541. The normalized spacial score (nSPS) is 9.95. The second-order valence-electron chi connectivity index (χ2n) is 3.78. The van der Waals surface area contributed by atoms with E-state index in [0.717, 1.165) is 5.56 Å². The molecular weight excluding hydrogens is 264 g/mol. The van der Waals surface area contributed by atoms with E-state index in [1.807, 2.05) is 0 Å². The lowest BCUT2D eigenvalue weighted by Gasteiger charge is -2.04. The second kappa shape index (κ2) is 6.10. The highest BCUT2D eigenvalue weighted by Gasteiger charge is 2.08. The number of nitrogens with one attached hydrogen (secondary N) is 1. The van der Waals surface area contributed by atoms with Gasteiger partial charge in [0.25, 0.3) is 5.91 Å². The number of ether oxygens (including phenoxy) is 1. The van der Waals surface area contributed by atoms with Gasteiger partial charge in [0.15, 0.2) is 0 Å². The predicted molar refractivity (Wildman–Crippen MR) is 72.2 cm³/mol. The van der Waals surface area contributed by atoms with Crippen LogP contribution in [-0.2, 0) is 16.0 Å². The molecule has 19 heavy (non-hydrogen) atoms. The Morgan fingerprint density at radius 3 is 2.63 bits per heavy atom. The van der Waals surface area contributed by atoms with Crippen molar-refractivity contribution in [3.05, 3.63) is 46.4 Å². The Morgan fingerprint density at radius 1 is 1.32 bits per heavy atom. The van der Waals surface area contributed by atoms with Crippen LogP contribution < -0.4 is 5.32 Å². The van der Waals surface area contributed by atoms with Gasteiger partial charge in [-0.3, -0.25) is 9.59 Å². The van der Waals surface area contributed by atoms with Gasteiger partial charge in [-0.2, -0.15) is 0 Å². The minimum atomic E-state index is -0.292. The molecule has 1 aromatic carbocycles. The van der Waals surface area contributed by atoms with Crippen LogP contribution in [0.4, 0.5) is 5.69 Å². The minimum absolute atomic E-state index is 0.219. The van der Waals surface area contributed by atoms with E-state index >= 15 is 0 Å². The Bertz CT molecular complexity index is 564. The van der Waals surface area contributed by atoms with E-state index in [1.54, 1.807) is 35.2 Å². The number of thiazole rings is 1. The fraction of sp³-hybridized carbons (Fsp3) is 0.154. The van der Waals surface area contributed by atoms with E-state index in [9.17, 15) is 9.59 Å². The van der Waals surface area contributed by atoms with E-state index in [1.165, 1.54) is 18.4 Å². The Morgan fingerprint density at radius 2 is 2.05 bits per heavy atom. The lowest BCUT2D eigenvalue weighted by Crippen LogP contribution is -2.12. The van der Waals surface area contributed by atoms with Gasteiger partial charge in [-0.15, -0.1) is 11.3 Å². The Balaban J connectivity index is 1.99. The van der Waals surface area contributed by atoms with Crippen LogP contribution in [0.25, 0.3) is 0 Å². The van der Waals surface area contributed by atoms with Gasteiger partial charge in [-0.1, -0.05) is 12.1 Å². The monoisotopic (exact) mass is 276 g/mol. The van der Waals surface area contributed by atoms with Gasteiger partial charge in [0, 0.05) is 11.1 Å². The first-order valence-corrected chi connectivity index (χ1v) is 6.48. The van der Waals surface area contributed by atoms with Crippen LogP contribution in [0.3, 0.4) is 0 Å². The summed E-state index contributed by atoms with van der Waals surface area (Å²) in [6, 6.07) is 7.02. The third kappa shape index (κ3) is 3.62. The molecule has 0 aliphatic heterocycles. The first-order chi connectivity index (χ1) is 9.19. The van der Waals surface area contributed by atoms with Crippen molar-refractivity contribution in [2.75, 3.05) is 12.4 Å². The molecule has 0 aliphatic rings. The number of benzene rings is 1. The van der Waals surface area contributed by atoms with Gasteiger partial charge in [0.2, 0.25) is 0 Å². The average molecular weight is 276 g/mol. The van der Waals surface area contributed by atoms with Gasteiger partial charge >= 0.3 is 5.97 Å². The van der Waals surface area contributed by atoms with Gasteiger partial charge in [0.1, 0.15) is 5.69 Å². The van der Waals surface area contributed by atoms with Gasteiger partial charge in [-0.25, -0.2) is 4.98 Å². The summed E-state index contributed by atoms with van der Waals surface area (Å²) in [7, 11) is 1.35. The Labute approximate surface area is 114 Å². The van der Waals surface area contributed by atoms with Crippen molar-refractivity contribution >= 4 is 28.9 Å². The zero-order valence-corrected chi connectivity index (χ0v) is 11.1. The first kappa shape index (κ1) is 13.2. The fourth-order valence-corrected chi connectivity index (χ4v) is 2.00. The predicted octanol–water partition coefficient (Wildman–Crippen LogP) is 2.11. The SMILES string of the molecule is COC(=O)Cc1ccc(NC(=O)c2cscn2)cc1. The average Bonchev–Trinajstić information content (AvgIpc) is 2.95. The molecule has 2 aromatic rings. The van der Waals surface area contributed by atoms with Crippen LogP contribution in [0.15, 0.2) is 35.2 Å². The Hall–Kier alpha value is -2.21. The van der Waals surface area contributed by atoms with Crippen molar-refractivity contribution in [1.82, 2.24) is 4.98 Å². The van der Waals surface area contributed by atoms with Crippen molar-refractivity contribution < 1.29 is 14.3 Å². The molecule has 2 rings (SSSR count).